The SMILES string of the molecule is CCCCCCc1ccc(-c2ncc(-c3cc4c(s3)-c3sc(-c5cnc(-c6ccc(CCCCCC)s6)c6nsnc56)cc3C4(CC(CC)CCCC)CC(CC)CCCC)c3nsnc23)s1. The third-order valence-corrected chi connectivity index (χ3v) is 20.4. The van der Waals surface area contributed by atoms with E-state index in [1.165, 1.54) is 189 Å². The molecule has 0 N–H and O–H groups in total. The van der Waals surface area contributed by atoms with Gasteiger partial charge in [0, 0.05) is 58.2 Å². The first-order chi connectivity index (χ1) is 32.9. The van der Waals surface area contributed by atoms with E-state index in [1.807, 2.05) is 45.3 Å². The minimum atomic E-state index is -0.0916. The molecule has 8 heterocycles. The van der Waals surface area contributed by atoms with E-state index >= 15 is 0 Å². The topological polar surface area (TPSA) is 77.3 Å². The summed E-state index contributed by atoms with van der Waals surface area (Å²) in [5.41, 5.74) is 11.0. The van der Waals surface area contributed by atoms with Crippen molar-refractivity contribution in [2.75, 3.05) is 0 Å². The summed E-state index contributed by atoms with van der Waals surface area (Å²) in [6, 6.07) is 14.3. The Bertz CT molecular complexity index is 2660. The molecule has 0 aliphatic heterocycles. The van der Waals surface area contributed by atoms with Crippen LogP contribution in [-0.2, 0) is 18.3 Å². The van der Waals surface area contributed by atoms with Crippen molar-refractivity contribution in [3.05, 3.63) is 69.7 Å². The first kappa shape index (κ1) is 48.8. The lowest BCUT2D eigenvalue weighted by Gasteiger charge is -2.37. The van der Waals surface area contributed by atoms with Gasteiger partial charge in [-0.1, -0.05) is 131 Å². The summed E-state index contributed by atoms with van der Waals surface area (Å²) < 4.78 is 19.9. The van der Waals surface area contributed by atoms with E-state index in [0.717, 1.165) is 57.4 Å². The van der Waals surface area contributed by atoms with Crippen LogP contribution in [0.1, 0.15) is 178 Å². The van der Waals surface area contributed by atoms with Crippen LogP contribution in [-0.4, -0.2) is 27.5 Å². The molecule has 0 fully saturated rings. The van der Waals surface area contributed by atoms with Crippen molar-refractivity contribution in [3.63, 3.8) is 0 Å². The molecule has 8 aromatic heterocycles. The number of pyridine rings is 2. The molecule has 0 saturated heterocycles. The Morgan fingerprint density at radius 2 is 0.896 bits per heavy atom. The first-order valence-electron chi connectivity index (χ1n) is 25.6. The second kappa shape index (κ2) is 22.7. The van der Waals surface area contributed by atoms with Crippen molar-refractivity contribution in [1.82, 2.24) is 27.5 Å². The molecule has 0 saturated carbocycles. The van der Waals surface area contributed by atoms with E-state index in [4.69, 9.17) is 27.5 Å². The maximum Gasteiger partial charge on any atom is 0.132 e. The number of aryl methyl sites for hydroxylation is 2. The van der Waals surface area contributed by atoms with Gasteiger partial charge in [-0.2, -0.15) is 17.5 Å². The van der Waals surface area contributed by atoms with Crippen molar-refractivity contribution < 1.29 is 0 Å². The highest BCUT2D eigenvalue weighted by Crippen LogP contribution is 2.63. The van der Waals surface area contributed by atoms with E-state index in [1.54, 1.807) is 0 Å². The van der Waals surface area contributed by atoms with Crippen LogP contribution in [0.4, 0.5) is 0 Å². The largest absolute Gasteiger partial charge is 0.252 e. The minimum Gasteiger partial charge on any atom is -0.252 e. The van der Waals surface area contributed by atoms with Crippen LogP contribution in [0.5, 0.6) is 0 Å². The van der Waals surface area contributed by atoms with Gasteiger partial charge in [0.25, 0.3) is 0 Å². The lowest BCUT2D eigenvalue weighted by Crippen LogP contribution is -2.31. The molecule has 0 amide bonds. The fourth-order valence-corrected chi connectivity index (χ4v) is 16.5. The van der Waals surface area contributed by atoms with Gasteiger partial charge in [-0.15, -0.1) is 45.3 Å². The average Bonchev–Trinajstić information content (AvgIpc) is 4.22. The second-order valence-corrected chi connectivity index (χ2v) is 24.6. The van der Waals surface area contributed by atoms with Crippen LogP contribution < -0.4 is 0 Å². The Labute approximate surface area is 423 Å². The number of fused-ring (bicyclic) bond motifs is 5. The average molecular weight is 1010 g/mol. The van der Waals surface area contributed by atoms with Crippen LogP contribution in [0.15, 0.2) is 48.8 Å². The normalized spacial score (nSPS) is 14.1. The van der Waals surface area contributed by atoms with Gasteiger partial charge in [0.05, 0.1) is 33.2 Å². The molecule has 1 aliphatic rings. The summed E-state index contributed by atoms with van der Waals surface area (Å²) in [4.78, 5) is 21.1. The summed E-state index contributed by atoms with van der Waals surface area (Å²) in [6.45, 7) is 14.1. The molecule has 2 unspecified atom stereocenters. The quantitative estimate of drug-likeness (QED) is 0.0503. The van der Waals surface area contributed by atoms with Gasteiger partial charge in [-0.3, -0.25) is 9.97 Å². The summed E-state index contributed by atoms with van der Waals surface area (Å²) in [7, 11) is 0. The van der Waals surface area contributed by atoms with Crippen molar-refractivity contribution in [2.24, 2.45) is 11.8 Å². The molecule has 1 aliphatic carbocycles. The van der Waals surface area contributed by atoms with Crippen molar-refractivity contribution >= 4 is 90.9 Å². The van der Waals surface area contributed by atoms with Gasteiger partial charge in [-0.05, 0) is 97.9 Å². The molecule has 6 nitrogen and oxygen atoms in total. The van der Waals surface area contributed by atoms with Crippen LogP contribution in [0, 0.1) is 11.8 Å². The predicted octanol–water partition coefficient (Wildman–Crippen LogP) is 19.1. The van der Waals surface area contributed by atoms with E-state index in [9.17, 15) is 0 Å². The smallest absolute Gasteiger partial charge is 0.132 e. The Hall–Kier alpha value is -3.26. The summed E-state index contributed by atoms with van der Waals surface area (Å²) >= 11 is 10.3. The van der Waals surface area contributed by atoms with Crippen LogP contribution in [0.2, 0.25) is 0 Å². The lowest BCUT2D eigenvalue weighted by molar-refractivity contribution is 0.266. The molecule has 354 valence electrons. The zero-order valence-electron chi connectivity index (χ0n) is 40.5. The van der Waals surface area contributed by atoms with Crippen LogP contribution >= 0.6 is 68.8 Å². The monoisotopic (exact) mass is 1000 g/mol. The van der Waals surface area contributed by atoms with E-state index in [0.29, 0.717) is 11.8 Å². The maximum absolute atomic E-state index is 5.23. The lowest BCUT2D eigenvalue weighted by atomic mass is 9.65. The number of unbranched alkanes of at least 4 members (excludes halogenated alkanes) is 8. The van der Waals surface area contributed by atoms with Crippen molar-refractivity contribution in [3.8, 4) is 51.8 Å². The highest BCUT2D eigenvalue weighted by atomic mass is 32.1. The number of nitrogens with zero attached hydrogens (tertiary/aromatic N) is 6. The second-order valence-electron chi connectivity index (χ2n) is 19.1. The highest BCUT2D eigenvalue weighted by molar-refractivity contribution is 7.26. The summed E-state index contributed by atoms with van der Waals surface area (Å²) in [5.74, 6) is 1.29. The Balaban J connectivity index is 1.14. The van der Waals surface area contributed by atoms with Gasteiger partial charge in [0.15, 0.2) is 0 Å². The first-order valence-corrected chi connectivity index (χ1v) is 30.4. The summed E-state index contributed by atoms with van der Waals surface area (Å²) in [6.07, 6.45) is 29.0. The molecule has 9 rings (SSSR count). The molecular formula is C55H68N6S6. The van der Waals surface area contributed by atoms with Gasteiger partial charge in [0.1, 0.15) is 33.5 Å². The Morgan fingerprint density at radius 1 is 0.463 bits per heavy atom. The number of thiophene rings is 4. The molecule has 8 aromatic rings. The van der Waals surface area contributed by atoms with Crippen LogP contribution in [0.3, 0.4) is 0 Å². The molecule has 0 radical (unpaired) electrons. The maximum atomic E-state index is 5.23. The highest BCUT2D eigenvalue weighted by Gasteiger charge is 2.48. The van der Waals surface area contributed by atoms with Gasteiger partial charge in [-0.25, -0.2) is 0 Å². The standard InChI is InChI=1S/C55H68N6S6/c1-7-13-17-19-23-37-25-27-43(62-37)49-51-47(58-66-60-51)39(33-56-49)45-29-41-53(64-45)54-42(55(41,31-35(11-5)21-15-9-3)32-36(12-6)22-16-10-4)30-46(65-54)40-34-57-50(52-48(40)59-67-61-52)44-28-26-38(63-44)24-20-18-14-8-2/h25-30,33-36H,7-24,31-32H2,1-6H3. The number of hydrogen-bond donors (Lipinski definition) is 0. The molecule has 0 aromatic carbocycles. The number of aromatic nitrogens is 6. The van der Waals surface area contributed by atoms with Gasteiger partial charge >= 0.3 is 0 Å². The number of rotatable bonds is 26. The zero-order valence-corrected chi connectivity index (χ0v) is 45.4. The molecule has 0 spiro atoms. The summed E-state index contributed by atoms with van der Waals surface area (Å²) in [5, 5.41) is 0. The predicted molar refractivity (Wildman–Crippen MR) is 295 cm³/mol. The van der Waals surface area contributed by atoms with Crippen LogP contribution in [0.25, 0.3) is 73.8 Å². The molecule has 12 heteroatoms. The molecule has 67 heavy (non-hydrogen) atoms. The fourth-order valence-electron chi connectivity index (χ4n) is 10.6. The molecular weight excluding hydrogens is 937 g/mol. The Morgan fingerprint density at radius 3 is 1.31 bits per heavy atom. The van der Waals surface area contributed by atoms with Gasteiger partial charge < -0.3 is 0 Å². The van der Waals surface area contributed by atoms with E-state index in [2.05, 4.69) is 90.3 Å². The van der Waals surface area contributed by atoms with Crippen molar-refractivity contribution in [1.29, 1.82) is 0 Å². The minimum absolute atomic E-state index is 0.0916. The molecule has 0 bridgehead atoms. The Kier molecular flexibility index (Phi) is 16.5. The van der Waals surface area contributed by atoms with E-state index < -0.39 is 0 Å². The van der Waals surface area contributed by atoms with Gasteiger partial charge in [0.2, 0.25) is 0 Å². The zero-order chi connectivity index (χ0) is 46.3. The van der Waals surface area contributed by atoms with E-state index in [-0.39, 0.29) is 5.41 Å². The van der Waals surface area contributed by atoms with Crippen molar-refractivity contribution in [2.45, 2.75) is 175 Å². The third-order valence-electron chi connectivity index (χ3n) is 14.5. The number of hydrogen-bond acceptors (Lipinski definition) is 12. The fraction of sp³-hybridized carbons (Fsp3) is 0.527. The third kappa shape index (κ3) is 10.2. The molecule has 2 atom stereocenters.